The van der Waals surface area contributed by atoms with E-state index >= 15 is 0 Å². The summed E-state index contributed by atoms with van der Waals surface area (Å²) in [5.41, 5.74) is 1.22. The Bertz CT molecular complexity index is 491. The van der Waals surface area contributed by atoms with Crippen LogP contribution in [0.4, 0.5) is 0 Å². The van der Waals surface area contributed by atoms with E-state index in [2.05, 4.69) is 46.6 Å². The Balaban J connectivity index is 1.58. The molecule has 2 rings (SSSR count). The lowest BCUT2D eigenvalue weighted by Gasteiger charge is -2.18. The Labute approximate surface area is 146 Å². The zero-order valence-corrected chi connectivity index (χ0v) is 15.3. The number of benzene rings is 1. The third-order valence-corrected chi connectivity index (χ3v) is 4.40. The molecule has 2 unspecified atom stereocenters. The first-order chi connectivity index (χ1) is 11.7. The molecule has 1 aromatic carbocycles. The van der Waals surface area contributed by atoms with Crippen molar-refractivity contribution >= 4 is 5.96 Å². The van der Waals surface area contributed by atoms with Gasteiger partial charge in [-0.2, -0.15) is 0 Å². The number of hydrogen-bond acceptors (Lipinski definition) is 3. The van der Waals surface area contributed by atoms with Gasteiger partial charge in [-0.25, -0.2) is 0 Å². The Morgan fingerprint density at radius 2 is 2.12 bits per heavy atom. The van der Waals surface area contributed by atoms with Crippen LogP contribution in [0.2, 0.25) is 0 Å². The first-order valence-corrected chi connectivity index (χ1v) is 8.92. The lowest BCUT2D eigenvalue weighted by molar-refractivity contribution is 0.0931. The van der Waals surface area contributed by atoms with Crippen molar-refractivity contribution in [3.63, 3.8) is 0 Å². The van der Waals surface area contributed by atoms with Crippen molar-refractivity contribution in [2.24, 2.45) is 16.8 Å². The van der Waals surface area contributed by atoms with Crippen molar-refractivity contribution in [1.82, 2.24) is 15.5 Å². The van der Waals surface area contributed by atoms with Gasteiger partial charge in [0.1, 0.15) is 0 Å². The molecule has 134 valence electrons. The van der Waals surface area contributed by atoms with Gasteiger partial charge in [-0.05, 0) is 37.4 Å². The summed E-state index contributed by atoms with van der Waals surface area (Å²) in [4.78, 5) is 6.69. The van der Waals surface area contributed by atoms with E-state index in [-0.39, 0.29) is 0 Å². The van der Waals surface area contributed by atoms with E-state index < -0.39 is 0 Å². The smallest absolute Gasteiger partial charge is 0.190 e. The van der Waals surface area contributed by atoms with E-state index in [9.17, 15) is 0 Å². The fourth-order valence-electron chi connectivity index (χ4n) is 2.94. The van der Waals surface area contributed by atoms with E-state index in [0.717, 1.165) is 31.6 Å². The molecule has 24 heavy (non-hydrogen) atoms. The van der Waals surface area contributed by atoms with Crippen LogP contribution in [0.1, 0.15) is 18.9 Å². The molecule has 2 N–H and O–H groups in total. The van der Waals surface area contributed by atoms with Crippen LogP contribution in [0.15, 0.2) is 35.3 Å². The second kappa shape index (κ2) is 10.3. The number of nitrogens with zero attached hydrogens (tertiary/aromatic N) is 2. The third kappa shape index (κ3) is 6.89. The average Bonchev–Trinajstić information content (AvgIpc) is 3.01. The minimum absolute atomic E-state index is 0.435. The Hall–Kier alpha value is -1.59. The van der Waals surface area contributed by atoms with E-state index in [0.29, 0.717) is 12.5 Å². The van der Waals surface area contributed by atoms with Gasteiger partial charge in [-0.1, -0.05) is 37.3 Å². The molecular weight excluding hydrogens is 300 g/mol. The number of ether oxygens (including phenoxy) is 1. The summed E-state index contributed by atoms with van der Waals surface area (Å²) in [5.74, 6) is 2.05. The second-order valence-electron chi connectivity index (χ2n) is 6.86. The van der Waals surface area contributed by atoms with Gasteiger partial charge >= 0.3 is 0 Å². The van der Waals surface area contributed by atoms with Crippen LogP contribution < -0.4 is 10.6 Å². The summed E-state index contributed by atoms with van der Waals surface area (Å²) in [6.45, 7) is 7.83. The minimum Gasteiger partial charge on any atom is -0.376 e. The van der Waals surface area contributed by atoms with E-state index in [1.807, 2.05) is 25.2 Å². The van der Waals surface area contributed by atoms with Crippen LogP contribution in [0, 0.1) is 11.8 Å². The number of guanidine groups is 1. The highest BCUT2D eigenvalue weighted by Crippen LogP contribution is 2.12. The number of likely N-dealkylation sites (tertiary alicyclic amines) is 1. The predicted molar refractivity (Wildman–Crippen MR) is 100 cm³/mol. The molecular formula is C19H32N4O. The van der Waals surface area contributed by atoms with Gasteiger partial charge in [0.05, 0.1) is 13.2 Å². The molecule has 5 heteroatoms. The van der Waals surface area contributed by atoms with Gasteiger partial charge in [0.15, 0.2) is 5.96 Å². The summed E-state index contributed by atoms with van der Waals surface area (Å²) in [6.07, 6.45) is 1.27. The van der Waals surface area contributed by atoms with E-state index in [1.165, 1.54) is 25.1 Å². The third-order valence-electron chi connectivity index (χ3n) is 4.40. The van der Waals surface area contributed by atoms with Crippen LogP contribution in [0.5, 0.6) is 0 Å². The summed E-state index contributed by atoms with van der Waals surface area (Å²) >= 11 is 0. The van der Waals surface area contributed by atoms with Crippen molar-refractivity contribution in [3.8, 4) is 0 Å². The van der Waals surface area contributed by atoms with E-state index in [4.69, 9.17) is 4.74 Å². The van der Waals surface area contributed by atoms with Gasteiger partial charge in [0.25, 0.3) is 0 Å². The first kappa shape index (κ1) is 18.7. The van der Waals surface area contributed by atoms with Crippen LogP contribution in [0.25, 0.3) is 0 Å². The average molecular weight is 332 g/mol. The first-order valence-electron chi connectivity index (χ1n) is 8.92. The molecule has 1 aliphatic heterocycles. The maximum absolute atomic E-state index is 5.79. The number of rotatable bonds is 8. The Kier molecular flexibility index (Phi) is 8.05. The number of aliphatic imine (C=N–C) groups is 1. The maximum Gasteiger partial charge on any atom is 0.190 e. The summed E-state index contributed by atoms with van der Waals surface area (Å²) in [6, 6.07) is 10.3. The quantitative estimate of drug-likeness (QED) is 0.564. The molecule has 1 fully saturated rings. The molecule has 2 atom stereocenters. The molecule has 1 aromatic rings. The molecule has 0 spiro atoms. The Morgan fingerprint density at radius 3 is 2.79 bits per heavy atom. The fourth-order valence-corrected chi connectivity index (χ4v) is 2.94. The molecule has 0 aromatic heterocycles. The monoisotopic (exact) mass is 332 g/mol. The highest BCUT2D eigenvalue weighted by molar-refractivity contribution is 5.79. The van der Waals surface area contributed by atoms with Crippen LogP contribution in [0.3, 0.4) is 0 Å². The van der Waals surface area contributed by atoms with Crippen molar-refractivity contribution in [2.45, 2.75) is 20.0 Å². The molecule has 0 radical (unpaired) electrons. The van der Waals surface area contributed by atoms with Crippen molar-refractivity contribution in [3.05, 3.63) is 35.9 Å². The molecule has 1 aliphatic rings. The minimum atomic E-state index is 0.435. The van der Waals surface area contributed by atoms with Crippen molar-refractivity contribution in [1.29, 1.82) is 0 Å². The lowest BCUT2D eigenvalue weighted by atomic mass is 10.1. The van der Waals surface area contributed by atoms with Gasteiger partial charge in [0.2, 0.25) is 0 Å². The van der Waals surface area contributed by atoms with Crippen LogP contribution in [-0.4, -0.2) is 57.7 Å². The zero-order chi connectivity index (χ0) is 17.2. The lowest BCUT2D eigenvalue weighted by Crippen LogP contribution is -2.42. The normalized spacial score (nSPS) is 20.1. The topological polar surface area (TPSA) is 48.9 Å². The largest absolute Gasteiger partial charge is 0.376 e. The van der Waals surface area contributed by atoms with Gasteiger partial charge < -0.3 is 20.3 Å². The summed E-state index contributed by atoms with van der Waals surface area (Å²) < 4.78 is 5.79. The van der Waals surface area contributed by atoms with Crippen molar-refractivity contribution < 1.29 is 4.74 Å². The van der Waals surface area contributed by atoms with Crippen LogP contribution in [-0.2, 0) is 11.3 Å². The number of nitrogens with one attached hydrogen (secondary N) is 2. The predicted octanol–water partition coefficient (Wildman–Crippen LogP) is 1.96. The highest BCUT2D eigenvalue weighted by atomic mass is 16.5. The van der Waals surface area contributed by atoms with Crippen LogP contribution >= 0.6 is 0 Å². The Morgan fingerprint density at radius 1 is 1.33 bits per heavy atom. The molecule has 0 aliphatic carbocycles. The van der Waals surface area contributed by atoms with E-state index in [1.54, 1.807) is 0 Å². The van der Waals surface area contributed by atoms with Gasteiger partial charge in [-0.15, -0.1) is 0 Å². The molecule has 0 bridgehead atoms. The molecule has 1 heterocycles. The highest BCUT2D eigenvalue weighted by Gasteiger charge is 2.19. The summed E-state index contributed by atoms with van der Waals surface area (Å²) in [7, 11) is 4.01. The van der Waals surface area contributed by atoms with Crippen molar-refractivity contribution in [2.75, 3.05) is 46.9 Å². The second-order valence-corrected chi connectivity index (χ2v) is 6.86. The van der Waals surface area contributed by atoms with Gasteiger partial charge in [-0.3, -0.25) is 4.99 Å². The maximum atomic E-state index is 5.79. The zero-order valence-electron chi connectivity index (χ0n) is 15.3. The summed E-state index contributed by atoms with van der Waals surface area (Å²) in [5, 5.41) is 6.84. The SMILES string of the molecule is CN=C(NCC(C)COCc1ccccc1)NCC1CCN(C)C1. The number of hydrogen-bond donors (Lipinski definition) is 2. The molecule has 0 amide bonds. The van der Waals surface area contributed by atoms with Gasteiger partial charge in [0, 0.05) is 26.7 Å². The standard InChI is InChI=1S/C19H32N4O/c1-16(14-24-15-17-7-5-4-6-8-17)11-21-19(20-2)22-12-18-9-10-23(3)13-18/h4-8,16,18H,9-15H2,1-3H3,(H2,20,21,22). The molecule has 5 nitrogen and oxygen atoms in total. The molecule has 0 saturated carbocycles. The fraction of sp³-hybridized carbons (Fsp3) is 0.632. The molecule has 1 saturated heterocycles.